The standard InChI is InChI=1S/C31H29FN8O2/c1-19-7-8-20(16-25(19)36-30-34-15-13-24(35-30)21-6-5-14-33-18-21)28(41)37-38-29(42)26-17-27(31(2,3)4)40(39-26)23-11-9-22(32)10-12-23/h5-18H,1-4H3,(H,37,41)(H,38,42)(H,34,35,36). The highest BCUT2D eigenvalue weighted by Gasteiger charge is 2.24. The number of carbonyl (C=O) groups excluding carboxylic acids is 2. The number of aryl methyl sites for hydroxylation is 1. The van der Waals surface area contributed by atoms with Crippen molar-refractivity contribution in [1.82, 2.24) is 35.6 Å². The van der Waals surface area contributed by atoms with Crippen LogP contribution in [-0.4, -0.2) is 36.5 Å². The van der Waals surface area contributed by atoms with Crippen molar-refractivity contribution >= 4 is 23.5 Å². The Kier molecular flexibility index (Phi) is 7.74. The van der Waals surface area contributed by atoms with Gasteiger partial charge < -0.3 is 5.32 Å². The number of anilines is 2. The van der Waals surface area contributed by atoms with Crippen molar-refractivity contribution in [1.29, 1.82) is 0 Å². The van der Waals surface area contributed by atoms with Crippen LogP contribution >= 0.6 is 0 Å². The second kappa shape index (κ2) is 11.6. The molecule has 3 aromatic heterocycles. The van der Waals surface area contributed by atoms with Crippen molar-refractivity contribution in [3.8, 4) is 16.9 Å². The maximum Gasteiger partial charge on any atom is 0.290 e. The molecule has 0 aliphatic carbocycles. The Morgan fingerprint density at radius 2 is 1.67 bits per heavy atom. The zero-order valence-electron chi connectivity index (χ0n) is 23.5. The van der Waals surface area contributed by atoms with E-state index in [-0.39, 0.29) is 16.9 Å². The van der Waals surface area contributed by atoms with Crippen molar-refractivity contribution in [2.45, 2.75) is 33.1 Å². The molecule has 0 spiro atoms. The van der Waals surface area contributed by atoms with Crippen LogP contribution < -0.4 is 16.2 Å². The smallest absolute Gasteiger partial charge is 0.290 e. The molecule has 0 aliphatic rings. The predicted molar refractivity (Wildman–Crippen MR) is 157 cm³/mol. The number of aromatic nitrogens is 5. The molecule has 0 saturated heterocycles. The van der Waals surface area contributed by atoms with E-state index in [1.54, 1.807) is 65.7 Å². The summed E-state index contributed by atoms with van der Waals surface area (Å²) < 4.78 is 15.1. The molecule has 0 bridgehead atoms. The van der Waals surface area contributed by atoms with Gasteiger partial charge in [-0.3, -0.25) is 25.4 Å². The van der Waals surface area contributed by atoms with Crippen LogP contribution in [0.5, 0.6) is 0 Å². The van der Waals surface area contributed by atoms with E-state index in [1.165, 1.54) is 12.1 Å². The minimum absolute atomic E-state index is 0.0986. The third kappa shape index (κ3) is 6.30. The molecule has 212 valence electrons. The number of carbonyl (C=O) groups is 2. The summed E-state index contributed by atoms with van der Waals surface area (Å²) in [4.78, 5) is 38.9. The second-order valence-corrected chi connectivity index (χ2v) is 10.6. The Balaban J connectivity index is 1.30. The van der Waals surface area contributed by atoms with Crippen molar-refractivity contribution < 1.29 is 14.0 Å². The summed E-state index contributed by atoms with van der Waals surface area (Å²) in [5.41, 5.74) is 9.32. The molecule has 3 heterocycles. The molecule has 5 rings (SSSR count). The molecule has 10 nitrogen and oxygen atoms in total. The summed E-state index contributed by atoms with van der Waals surface area (Å²) in [6, 6.07) is 18.1. The number of benzene rings is 2. The van der Waals surface area contributed by atoms with Crippen molar-refractivity contribution in [3.05, 3.63) is 114 Å². The Morgan fingerprint density at radius 3 is 2.38 bits per heavy atom. The molecular formula is C31H29FN8O2. The zero-order chi connectivity index (χ0) is 29.9. The first kappa shape index (κ1) is 28.1. The average molecular weight is 565 g/mol. The van der Waals surface area contributed by atoms with Crippen molar-refractivity contribution in [2.75, 3.05) is 5.32 Å². The fraction of sp³-hybridized carbons (Fsp3) is 0.161. The number of rotatable bonds is 6. The monoisotopic (exact) mass is 564 g/mol. The number of hydrogen-bond acceptors (Lipinski definition) is 7. The van der Waals surface area contributed by atoms with Gasteiger partial charge in [0.2, 0.25) is 5.95 Å². The summed E-state index contributed by atoms with van der Waals surface area (Å²) in [6.45, 7) is 7.84. The van der Waals surface area contributed by atoms with E-state index < -0.39 is 11.8 Å². The lowest BCUT2D eigenvalue weighted by atomic mass is 9.91. The van der Waals surface area contributed by atoms with Crippen LogP contribution in [0.1, 0.15) is 52.9 Å². The average Bonchev–Trinajstić information content (AvgIpc) is 3.45. The SMILES string of the molecule is Cc1ccc(C(=O)NNC(=O)c2cc(C(C)(C)C)n(-c3ccc(F)cc3)n2)cc1Nc1nccc(-c2cccnc2)n1. The van der Waals surface area contributed by atoms with Gasteiger partial charge in [0.05, 0.1) is 17.1 Å². The van der Waals surface area contributed by atoms with E-state index in [9.17, 15) is 14.0 Å². The van der Waals surface area contributed by atoms with Crippen molar-refractivity contribution in [2.24, 2.45) is 0 Å². The molecular weight excluding hydrogens is 535 g/mol. The van der Waals surface area contributed by atoms with E-state index in [1.807, 2.05) is 39.8 Å². The summed E-state index contributed by atoms with van der Waals surface area (Å²) in [5.74, 6) is -1.13. The molecule has 0 aliphatic heterocycles. The van der Waals surface area contributed by atoms with Crippen LogP contribution in [0.4, 0.5) is 16.0 Å². The molecule has 2 amide bonds. The third-order valence-electron chi connectivity index (χ3n) is 6.43. The molecule has 0 fully saturated rings. The number of halogens is 1. The van der Waals surface area contributed by atoms with Gasteiger partial charge in [-0.05, 0) is 73.2 Å². The molecule has 0 unspecified atom stereocenters. The minimum atomic E-state index is -0.596. The molecule has 2 aromatic carbocycles. The van der Waals surface area contributed by atoms with Crippen LogP contribution in [0.15, 0.2) is 85.3 Å². The first-order valence-corrected chi connectivity index (χ1v) is 13.2. The highest BCUT2D eigenvalue weighted by Crippen LogP contribution is 2.26. The molecule has 0 radical (unpaired) electrons. The van der Waals surface area contributed by atoms with E-state index in [0.717, 1.165) is 16.8 Å². The molecule has 42 heavy (non-hydrogen) atoms. The number of nitrogens with one attached hydrogen (secondary N) is 3. The lowest BCUT2D eigenvalue weighted by Crippen LogP contribution is -2.41. The lowest BCUT2D eigenvalue weighted by molar-refractivity contribution is 0.0843. The minimum Gasteiger partial charge on any atom is -0.324 e. The molecule has 0 saturated carbocycles. The van der Waals surface area contributed by atoms with Crippen molar-refractivity contribution in [3.63, 3.8) is 0 Å². The van der Waals surface area contributed by atoms with Gasteiger partial charge >= 0.3 is 0 Å². The highest BCUT2D eigenvalue weighted by molar-refractivity contribution is 5.99. The summed E-state index contributed by atoms with van der Waals surface area (Å²) in [6.07, 6.45) is 5.05. The summed E-state index contributed by atoms with van der Waals surface area (Å²) >= 11 is 0. The first-order chi connectivity index (χ1) is 20.1. The normalized spacial score (nSPS) is 11.2. The summed E-state index contributed by atoms with van der Waals surface area (Å²) in [5, 5.41) is 7.60. The van der Waals surface area contributed by atoms with Gasteiger partial charge in [0.25, 0.3) is 11.8 Å². The van der Waals surface area contributed by atoms with E-state index in [0.29, 0.717) is 28.6 Å². The largest absolute Gasteiger partial charge is 0.324 e. The van der Waals surface area contributed by atoms with Crippen LogP contribution in [0.2, 0.25) is 0 Å². The topological polar surface area (TPSA) is 127 Å². The molecule has 11 heteroatoms. The van der Waals surface area contributed by atoms with Gasteiger partial charge in [-0.1, -0.05) is 26.8 Å². The van der Waals surface area contributed by atoms with E-state index in [2.05, 4.69) is 36.2 Å². The third-order valence-corrected chi connectivity index (χ3v) is 6.43. The zero-order valence-corrected chi connectivity index (χ0v) is 23.5. The van der Waals surface area contributed by atoms with E-state index in [4.69, 9.17) is 0 Å². The van der Waals surface area contributed by atoms with Gasteiger partial charge in [0.15, 0.2) is 5.69 Å². The Morgan fingerprint density at radius 1 is 0.905 bits per heavy atom. The number of amides is 2. The van der Waals surface area contributed by atoms with Crippen LogP contribution in [-0.2, 0) is 5.41 Å². The molecule has 0 atom stereocenters. The molecule has 5 aromatic rings. The van der Waals surface area contributed by atoms with Gasteiger partial charge in [-0.2, -0.15) is 5.10 Å². The van der Waals surface area contributed by atoms with Crippen LogP contribution in [0, 0.1) is 12.7 Å². The Labute approximate surface area is 242 Å². The predicted octanol–water partition coefficient (Wildman–Crippen LogP) is 5.29. The highest BCUT2D eigenvalue weighted by atomic mass is 19.1. The summed E-state index contributed by atoms with van der Waals surface area (Å²) in [7, 11) is 0. The van der Waals surface area contributed by atoms with E-state index >= 15 is 0 Å². The Bertz CT molecular complexity index is 1750. The second-order valence-electron chi connectivity index (χ2n) is 10.6. The lowest BCUT2D eigenvalue weighted by Gasteiger charge is -2.20. The van der Waals surface area contributed by atoms with Gasteiger partial charge in [-0.15, -0.1) is 0 Å². The number of pyridine rings is 1. The maximum absolute atomic E-state index is 13.5. The quantitative estimate of drug-likeness (QED) is 0.239. The van der Waals surface area contributed by atoms with Crippen LogP contribution in [0.25, 0.3) is 16.9 Å². The fourth-order valence-corrected chi connectivity index (χ4v) is 4.17. The number of hydrogen-bond donors (Lipinski definition) is 3. The number of hydrazine groups is 1. The number of nitrogens with zero attached hydrogens (tertiary/aromatic N) is 5. The first-order valence-electron chi connectivity index (χ1n) is 13.2. The van der Waals surface area contributed by atoms with Gasteiger partial charge in [-0.25, -0.2) is 19.0 Å². The fourth-order valence-electron chi connectivity index (χ4n) is 4.17. The Hall–Kier alpha value is -5.45. The molecule has 3 N–H and O–H groups in total. The van der Waals surface area contributed by atoms with Crippen LogP contribution in [0.3, 0.4) is 0 Å². The maximum atomic E-state index is 13.5. The van der Waals surface area contributed by atoms with Gasteiger partial charge in [0.1, 0.15) is 5.82 Å². The van der Waals surface area contributed by atoms with Gasteiger partial charge in [0, 0.05) is 40.8 Å².